The predicted octanol–water partition coefficient (Wildman–Crippen LogP) is 11.9. The normalized spacial score (nSPS) is 12.1. The van der Waals surface area contributed by atoms with Crippen LogP contribution in [0.1, 0.15) is 0 Å². The van der Waals surface area contributed by atoms with Gasteiger partial charge in [0.05, 0.1) is 10.2 Å². The first-order chi connectivity index (χ1) is 21.8. The number of hydrogen-bond donors (Lipinski definition) is 0. The van der Waals surface area contributed by atoms with Gasteiger partial charge in [0.25, 0.3) is 0 Å². The van der Waals surface area contributed by atoms with Gasteiger partial charge in [0, 0.05) is 65.7 Å². The van der Waals surface area contributed by atoms with Crippen LogP contribution in [0, 0.1) is 0 Å². The second kappa shape index (κ2) is 8.93. The Morgan fingerprint density at radius 2 is 1.00 bits per heavy atom. The van der Waals surface area contributed by atoms with Crippen molar-refractivity contribution in [3.63, 3.8) is 0 Å². The van der Waals surface area contributed by atoms with Gasteiger partial charge in [0.1, 0.15) is 22.3 Å². The third kappa shape index (κ3) is 3.41. The minimum atomic E-state index is 0.876. The van der Waals surface area contributed by atoms with E-state index in [4.69, 9.17) is 13.8 Å². The van der Waals surface area contributed by atoms with E-state index in [2.05, 4.69) is 108 Å². The van der Waals surface area contributed by atoms with Crippen molar-refractivity contribution in [1.82, 2.24) is 4.98 Å². The highest BCUT2D eigenvalue weighted by atomic mass is 32.1. The summed E-state index contributed by atoms with van der Waals surface area (Å²) in [4.78, 5) is 7.27. The molecular weight excluding hydrogens is 561 g/mol. The van der Waals surface area contributed by atoms with E-state index in [1.54, 1.807) is 11.3 Å². The molecule has 0 saturated carbocycles. The molecule has 0 N–H and O–H groups in total. The summed E-state index contributed by atoms with van der Waals surface area (Å²) < 4.78 is 14.8. The van der Waals surface area contributed by atoms with Crippen LogP contribution in [-0.4, -0.2) is 4.98 Å². The SMILES string of the molecule is c1ccc2c(c1)cnc1c3cc(N(c4ccc5oc6ccccc6c5c4)c4ccc5oc6ccccc6c5c4)ccc3sc21. The van der Waals surface area contributed by atoms with Gasteiger partial charge in [-0.05, 0) is 66.7 Å². The predicted molar refractivity (Wildman–Crippen MR) is 184 cm³/mol. The number of fused-ring (bicyclic) bond motifs is 11. The van der Waals surface area contributed by atoms with Crippen molar-refractivity contribution >= 4 is 103 Å². The Hall–Kier alpha value is -5.65. The molecule has 0 aliphatic heterocycles. The molecule has 6 aromatic carbocycles. The molecular formula is C39H22N2O2S. The molecule has 0 atom stereocenters. The Bertz CT molecular complexity index is 2640. The first-order valence-electron chi connectivity index (χ1n) is 14.6. The van der Waals surface area contributed by atoms with E-state index in [0.717, 1.165) is 77.2 Å². The van der Waals surface area contributed by atoms with Gasteiger partial charge < -0.3 is 13.7 Å². The molecule has 5 heteroatoms. The van der Waals surface area contributed by atoms with E-state index in [0.29, 0.717) is 0 Å². The molecule has 0 spiro atoms. The molecule has 0 aliphatic rings. The molecule has 0 amide bonds. The molecule has 0 fully saturated rings. The molecule has 44 heavy (non-hydrogen) atoms. The molecule has 10 rings (SSSR count). The van der Waals surface area contributed by atoms with Gasteiger partial charge in [-0.2, -0.15) is 0 Å². The van der Waals surface area contributed by atoms with Crippen LogP contribution in [0.3, 0.4) is 0 Å². The number of anilines is 3. The summed E-state index contributed by atoms with van der Waals surface area (Å²) in [5.74, 6) is 0. The van der Waals surface area contributed by atoms with Crippen LogP contribution in [-0.2, 0) is 0 Å². The Kier molecular flexibility index (Phi) is 4.84. The third-order valence-corrected chi connectivity index (χ3v) is 9.87. The van der Waals surface area contributed by atoms with Crippen molar-refractivity contribution in [2.45, 2.75) is 0 Å². The number of furan rings is 2. The monoisotopic (exact) mass is 582 g/mol. The molecule has 0 radical (unpaired) electrons. The zero-order valence-electron chi connectivity index (χ0n) is 23.3. The number of thiophene rings is 1. The van der Waals surface area contributed by atoms with Crippen LogP contribution in [0.25, 0.3) is 75.0 Å². The summed E-state index contributed by atoms with van der Waals surface area (Å²) in [5, 5.41) is 7.96. The van der Waals surface area contributed by atoms with Crippen LogP contribution < -0.4 is 4.90 Å². The van der Waals surface area contributed by atoms with Crippen molar-refractivity contribution < 1.29 is 8.83 Å². The van der Waals surface area contributed by atoms with Crippen LogP contribution in [0.5, 0.6) is 0 Å². The fourth-order valence-electron chi connectivity index (χ4n) is 6.63. The standard InChI is InChI=1S/C39H22N2O2S/c1-2-8-27-23(7-1)22-40-38-32-21-26(15-18-37(32)44-39(27)38)41(24-13-16-35-30(19-24)28-9-3-5-11-33(28)42-35)25-14-17-36-31(20-25)29-10-4-6-12-34(29)43-36/h1-22H. The van der Waals surface area contributed by atoms with E-state index >= 15 is 0 Å². The molecule has 4 heterocycles. The van der Waals surface area contributed by atoms with Gasteiger partial charge in [-0.15, -0.1) is 11.3 Å². The van der Waals surface area contributed by atoms with Crippen LogP contribution >= 0.6 is 11.3 Å². The number of hydrogen-bond acceptors (Lipinski definition) is 5. The van der Waals surface area contributed by atoms with Gasteiger partial charge in [-0.1, -0.05) is 60.7 Å². The first kappa shape index (κ1) is 23.9. The maximum absolute atomic E-state index is 6.19. The molecule has 0 aliphatic carbocycles. The van der Waals surface area contributed by atoms with Crippen molar-refractivity contribution in [2.24, 2.45) is 0 Å². The van der Waals surface area contributed by atoms with Crippen molar-refractivity contribution in [3.05, 3.63) is 134 Å². The molecule has 206 valence electrons. The number of pyridine rings is 1. The van der Waals surface area contributed by atoms with Crippen molar-refractivity contribution in [2.75, 3.05) is 4.90 Å². The molecule has 4 nitrogen and oxygen atoms in total. The summed E-state index contributed by atoms with van der Waals surface area (Å²) in [6.45, 7) is 0. The van der Waals surface area contributed by atoms with Gasteiger partial charge >= 0.3 is 0 Å². The van der Waals surface area contributed by atoms with E-state index in [-0.39, 0.29) is 0 Å². The lowest BCUT2D eigenvalue weighted by Crippen LogP contribution is -2.09. The second-order valence-corrected chi connectivity index (χ2v) is 12.3. The molecule has 10 aromatic rings. The highest BCUT2D eigenvalue weighted by Crippen LogP contribution is 2.44. The Morgan fingerprint density at radius 3 is 1.66 bits per heavy atom. The van der Waals surface area contributed by atoms with E-state index < -0.39 is 0 Å². The highest BCUT2D eigenvalue weighted by molar-refractivity contribution is 7.26. The van der Waals surface area contributed by atoms with Gasteiger partial charge in [0.2, 0.25) is 0 Å². The topological polar surface area (TPSA) is 42.4 Å². The number of para-hydroxylation sites is 2. The maximum atomic E-state index is 6.19. The number of nitrogens with zero attached hydrogens (tertiary/aromatic N) is 2. The van der Waals surface area contributed by atoms with Crippen molar-refractivity contribution in [1.29, 1.82) is 0 Å². The summed E-state index contributed by atoms with van der Waals surface area (Å²) >= 11 is 1.81. The first-order valence-corrected chi connectivity index (χ1v) is 15.4. The van der Waals surface area contributed by atoms with Crippen LogP contribution in [0.2, 0.25) is 0 Å². The van der Waals surface area contributed by atoms with Crippen LogP contribution in [0.4, 0.5) is 17.1 Å². The minimum Gasteiger partial charge on any atom is -0.456 e. The Morgan fingerprint density at radius 1 is 0.477 bits per heavy atom. The Balaban J connectivity index is 1.24. The summed E-state index contributed by atoms with van der Waals surface area (Å²) in [7, 11) is 0. The molecule has 4 aromatic heterocycles. The summed E-state index contributed by atoms with van der Waals surface area (Å²) in [6.07, 6.45) is 1.99. The largest absolute Gasteiger partial charge is 0.456 e. The lowest BCUT2D eigenvalue weighted by atomic mass is 10.1. The van der Waals surface area contributed by atoms with Gasteiger partial charge in [-0.25, -0.2) is 0 Å². The summed E-state index contributed by atoms with van der Waals surface area (Å²) in [6, 6.07) is 44.6. The lowest BCUT2D eigenvalue weighted by Gasteiger charge is -2.25. The van der Waals surface area contributed by atoms with Crippen LogP contribution in [0.15, 0.2) is 142 Å². The molecule has 0 saturated heterocycles. The number of aromatic nitrogens is 1. The fraction of sp³-hybridized carbons (Fsp3) is 0. The van der Waals surface area contributed by atoms with Crippen molar-refractivity contribution in [3.8, 4) is 0 Å². The average Bonchev–Trinajstić information content (AvgIpc) is 3.76. The smallest absolute Gasteiger partial charge is 0.135 e. The van der Waals surface area contributed by atoms with E-state index in [9.17, 15) is 0 Å². The third-order valence-electron chi connectivity index (χ3n) is 8.68. The molecule has 0 bridgehead atoms. The number of benzene rings is 6. The van der Waals surface area contributed by atoms with Gasteiger partial charge in [0.15, 0.2) is 0 Å². The lowest BCUT2D eigenvalue weighted by molar-refractivity contribution is 0.668. The van der Waals surface area contributed by atoms with E-state index in [1.807, 2.05) is 30.5 Å². The van der Waals surface area contributed by atoms with E-state index in [1.165, 1.54) is 14.8 Å². The zero-order chi connectivity index (χ0) is 28.8. The maximum Gasteiger partial charge on any atom is 0.135 e. The zero-order valence-corrected chi connectivity index (χ0v) is 24.1. The highest BCUT2D eigenvalue weighted by Gasteiger charge is 2.19. The molecule has 0 unspecified atom stereocenters. The van der Waals surface area contributed by atoms with Gasteiger partial charge in [-0.3, -0.25) is 4.98 Å². The quantitative estimate of drug-likeness (QED) is 0.208. The summed E-state index contributed by atoms with van der Waals surface area (Å²) in [5.41, 5.74) is 7.73. The Labute approximate surface area is 255 Å². The minimum absolute atomic E-state index is 0.876. The average molecular weight is 583 g/mol. The number of rotatable bonds is 3. The fourth-order valence-corrected chi connectivity index (χ4v) is 7.80. The second-order valence-electron chi connectivity index (χ2n) is 11.2.